The van der Waals surface area contributed by atoms with E-state index in [1.165, 1.54) is 0 Å². The summed E-state index contributed by atoms with van der Waals surface area (Å²) >= 11 is 0. The molecule has 0 aliphatic carbocycles. The van der Waals surface area contributed by atoms with Gasteiger partial charge in [0.15, 0.2) is 0 Å². The molecule has 7 heteroatoms. The van der Waals surface area contributed by atoms with Crippen LogP contribution in [-0.4, -0.2) is 58.5 Å². The highest BCUT2D eigenvalue weighted by atomic mass is 16.5. The Kier molecular flexibility index (Phi) is 4.18. The quantitative estimate of drug-likeness (QED) is 0.771. The van der Waals surface area contributed by atoms with Gasteiger partial charge in [0.25, 0.3) is 5.56 Å². The first kappa shape index (κ1) is 13.6. The average Bonchev–Trinajstić information content (AvgIpc) is 2.38. The van der Waals surface area contributed by atoms with Crippen molar-refractivity contribution in [1.29, 1.82) is 0 Å². The van der Waals surface area contributed by atoms with Crippen molar-refractivity contribution in [2.75, 3.05) is 32.8 Å². The molecule has 0 aromatic carbocycles. The highest BCUT2D eigenvalue weighted by Crippen LogP contribution is 2.08. The number of pyridine rings is 1. The summed E-state index contributed by atoms with van der Waals surface area (Å²) in [7, 11) is 0. The first-order valence-corrected chi connectivity index (χ1v) is 6.05. The first-order chi connectivity index (χ1) is 9.08. The lowest BCUT2D eigenvalue weighted by Crippen LogP contribution is -2.39. The van der Waals surface area contributed by atoms with Gasteiger partial charge in [0.2, 0.25) is 0 Å². The van der Waals surface area contributed by atoms with Gasteiger partial charge in [-0.1, -0.05) is 0 Å². The van der Waals surface area contributed by atoms with Gasteiger partial charge in [-0.2, -0.15) is 0 Å². The molecule has 2 heterocycles. The molecule has 2 N–H and O–H groups in total. The molecule has 0 bridgehead atoms. The fraction of sp³-hybridized carbons (Fsp3) is 0.500. The third-order valence-corrected chi connectivity index (χ3v) is 3.08. The number of aromatic hydroxyl groups is 1. The van der Waals surface area contributed by atoms with E-state index >= 15 is 0 Å². The lowest BCUT2D eigenvalue weighted by Gasteiger charge is -2.26. The number of hydrogen-bond donors (Lipinski definition) is 2. The average molecular weight is 268 g/mol. The van der Waals surface area contributed by atoms with Gasteiger partial charge in [-0.15, -0.1) is 0 Å². The summed E-state index contributed by atoms with van der Waals surface area (Å²) in [4.78, 5) is 24.9. The second kappa shape index (κ2) is 5.85. The molecule has 19 heavy (non-hydrogen) atoms. The summed E-state index contributed by atoms with van der Waals surface area (Å²) in [5.74, 6) is -1.56. The number of hydrogen-bond acceptors (Lipinski definition) is 5. The van der Waals surface area contributed by atoms with E-state index < -0.39 is 11.5 Å². The van der Waals surface area contributed by atoms with E-state index in [-0.39, 0.29) is 18.0 Å². The lowest BCUT2D eigenvalue weighted by molar-refractivity contribution is 0.0359. The van der Waals surface area contributed by atoms with Crippen molar-refractivity contribution in [3.63, 3.8) is 0 Å². The van der Waals surface area contributed by atoms with Crippen LogP contribution in [0.25, 0.3) is 0 Å². The number of carboxylic acids is 1. The van der Waals surface area contributed by atoms with E-state index in [1.807, 2.05) is 0 Å². The number of aromatic nitrogens is 1. The molecule has 104 valence electrons. The van der Waals surface area contributed by atoms with E-state index in [2.05, 4.69) is 4.90 Å². The minimum absolute atomic E-state index is 0.196. The maximum Gasteiger partial charge on any atom is 0.352 e. The predicted octanol–water partition coefficient (Wildman–Crippen LogP) is -0.416. The third kappa shape index (κ3) is 3.33. The molecule has 7 nitrogen and oxygen atoms in total. The second-order valence-corrected chi connectivity index (χ2v) is 4.35. The van der Waals surface area contributed by atoms with Crippen LogP contribution in [0.15, 0.2) is 16.9 Å². The number of ether oxygens (including phenoxy) is 1. The van der Waals surface area contributed by atoms with E-state index in [0.29, 0.717) is 19.8 Å². The molecule has 0 atom stereocenters. The summed E-state index contributed by atoms with van der Waals surface area (Å²) in [6.45, 7) is 3.70. The molecule has 1 saturated heterocycles. The molecule has 1 aromatic heterocycles. The molecule has 1 aliphatic heterocycles. The minimum Gasteiger partial charge on any atom is -0.508 e. The van der Waals surface area contributed by atoms with Crippen molar-refractivity contribution >= 4 is 5.97 Å². The Bertz CT molecular complexity index is 519. The van der Waals surface area contributed by atoms with Gasteiger partial charge >= 0.3 is 5.97 Å². The van der Waals surface area contributed by atoms with E-state index in [4.69, 9.17) is 9.84 Å². The second-order valence-electron chi connectivity index (χ2n) is 4.35. The molecule has 0 amide bonds. The Morgan fingerprint density at radius 1 is 1.26 bits per heavy atom. The molecule has 2 rings (SSSR count). The molecule has 0 spiro atoms. The fourth-order valence-corrected chi connectivity index (χ4v) is 2.06. The largest absolute Gasteiger partial charge is 0.508 e. The molecule has 0 unspecified atom stereocenters. The van der Waals surface area contributed by atoms with Crippen LogP contribution < -0.4 is 5.56 Å². The zero-order valence-electron chi connectivity index (χ0n) is 10.4. The van der Waals surface area contributed by atoms with E-state index in [0.717, 1.165) is 29.8 Å². The van der Waals surface area contributed by atoms with Crippen LogP contribution in [0.5, 0.6) is 5.75 Å². The zero-order valence-corrected chi connectivity index (χ0v) is 10.4. The number of rotatable bonds is 4. The Balaban J connectivity index is 2.14. The lowest BCUT2D eigenvalue weighted by atomic mass is 10.3. The molecular formula is C12H16N2O5. The highest BCUT2D eigenvalue weighted by Gasteiger charge is 2.15. The summed E-state index contributed by atoms with van der Waals surface area (Å²) in [6.07, 6.45) is 0. The van der Waals surface area contributed by atoms with Crippen molar-refractivity contribution in [1.82, 2.24) is 9.47 Å². The maximum absolute atomic E-state index is 11.7. The third-order valence-electron chi connectivity index (χ3n) is 3.08. The molecule has 1 aromatic rings. The summed E-state index contributed by atoms with van der Waals surface area (Å²) < 4.78 is 6.38. The van der Waals surface area contributed by atoms with Crippen LogP contribution >= 0.6 is 0 Å². The first-order valence-electron chi connectivity index (χ1n) is 6.05. The van der Waals surface area contributed by atoms with Crippen LogP contribution in [0.1, 0.15) is 10.5 Å². The monoisotopic (exact) mass is 268 g/mol. The van der Waals surface area contributed by atoms with Crippen LogP contribution in [0.2, 0.25) is 0 Å². The number of carboxylic acid groups (broad SMARTS) is 1. The van der Waals surface area contributed by atoms with Crippen molar-refractivity contribution in [3.05, 3.63) is 28.2 Å². The summed E-state index contributed by atoms with van der Waals surface area (Å²) in [5, 5.41) is 18.3. The van der Waals surface area contributed by atoms with E-state index in [9.17, 15) is 14.7 Å². The number of aromatic carboxylic acids is 1. The minimum atomic E-state index is -1.23. The Morgan fingerprint density at radius 3 is 2.58 bits per heavy atom. The maximum atomic E-state index is 11.7. The Labute approximate surface area is 109 Å². The van der Waals surface area contributed by atoms with Crippen LogP contribution in [0.3, 0.4) is 0 Å². The van der Waals surface area contributed by atoms with Gasteiger partial charge in [-0.05, 0) is 0 Å². The van der Waals surface area contributed by atoms with Crippen LogP contribution in [-0.2, 0) is 11.3 Å². The molecule has 1 fully saturated rings. The smallest absolute Gasteiger partial charge is 0.352 e. The summed E-state index contributed by atoms with van der Waals surface area (Å²) in [6, 6.07) is 2.11. The van der Waals surface area contributed by atoms with Crippen LogP contribution in [0.4, 0.5) is 0 Å². The fourth-order valence-electron chi connectivity index (χ4n) is 2.06. The number of carbonyl (C=O) groups is 1. The van der Waals surface area contributed by atoms with Gasteiger partial charge < -0.3 is 19.5 Å². The summed E-state index contributed by atoms with van der Waals surface area (Å²) in [5.41, 5.74) is -0.705. The number of nitrogens with zero attached hydrogens (tertiary/aromatic N) is 2. The Morgan fingerprint density at radius 2 is 1.95 bits per heavy atom. The highest BCUT2D eigenvalue weighted by molar-refractivity contribution is 5.86. The number of morpholine rings is 1. The van der Waals surface area contributed by atoms with Gasteiger partial charge in [-0.3, -0.25) is 9.69 Å². The predicted molar refractivity (Wildman–Crippen MR) is 66.6 cm³/mol. The topological polar surface area (TPSA) is 92.0 Å². The van der Waals surface area contributed by atoms with Crippen molar-refractivity contribution < 1.29 is 19.7 Å². The zero-order chi connectivity index (χ0) is 13.8. The van der Waals surface area contributed by atoms with E-state index in [1.54, 1.807) is 0 Å². The Hall–Kier alpha value is -1.86. The standard InChI is InChI=1S/C12H16N2O5/c15-9-7-10(12(17)18)14(11(16)8-9)2-1-13-3-5-19-6-4-13/h7-8,15H,1-6H2,(H,17,18). The SMILES string of the molecule is O=C(O)c1cc(O)cc(=O)n1CCN1CCOCC1. The van der Waals surface area contributed by atoms with Gasteiger partial charge in [0.1, 0.15) is 11.4 Å². The van der Waals surface area contributed by atoms with Crippen molar-refractivity contribution in [2.45, 2.75) is 6.54 Å². The van der Waals surface area contributed by atoms with Gasteiger partial charge in [0.05, 0.1) is 13.2 Å². The normalized spacial score (nSPS) is 16.4. The molecule has 0 saturated carbocycles. The van der Waals surface area contributed by atoms with Gasteiger partial charge in [0, 0.05) is 38.3 Å². The van der Waals surface area contributed by atoms with Crippen LogP contribution in [0, 0.1) is 0 Å². The van der Waals surface area contributed by atoms with Gasteiger partial charge in [-0.25, -0.2) is 4.79 Å². The molecule has 0 radical (unpaired) electrons. The van der Waals surface area contributed by atoms with Crippen molar-refractivity contribution in [3.8, 4) is 5.75 Å². The molecular weight excluding hydrogens is 252 g/mol. The molecule has 1 aliphatic rings. The van der Waals surface area contributed by atoms with Crippen molar-refractivity contribution in [2.24, 2.45) is 0 Å².